The van der Waals surface area contributed by atoms with Crippen LogP contribution >= 0.6 is 11.8 Å². The molecule has 0 bridgehead atoms. The van der Waals surface area contributed by atoms with Gasteiger partial charge in [0.25, 0.3) is 5.22 Å². The fraction of sp³-hybridized carbons (Fsp3) is 0.200. The van der Waals surface area contributed by atoms with Crippen molar-refractivity contribution in [3.05, 3.63) is 65.1 Å². The molecule has 0 atom stereocenters. The Bertz CT molecular complexity index is 1150. The van der Waals surface area contributed by atoms with Crippen LogP contribution in [0.15, 0.2) is 52.4 Å². The first-order valence-corrected chi connectivity index (χ1v) is 9.62. The first kappa shape index (κ1) is 18.2. The Morgan fingerprint density at radius 2 is 2.00 bits per heavy atom. The minimum atomic E-state index is -0.412. The van der Waals surface area contributed by atoms with E-state index in [1.54, 1.807) is 16.5 Å². The number of rotatable bonds is 5. The first-order chi connectivity index (χ1) is 13.5. The number of benzene rings is 1. The summed E-state index contributed by atoms with van der Waals surface area (Å²) in [5, 5.41) is 8.74. The predicted molar refractivity (Wildman–Crippen MR) is 105 cm³/mol. The van der Waals surface area contributed by atoms with Gasteiger partial charge in [-0.25, -0.2) is 9.78 Å². The number of esters is 1. The molecule has 0 aliphatic rings. The summed E-state index contributed by atoms with van der Waals surface area (Å²) in [5.74, 6) is 0.624. The van der Waals surface area contributed by atoms with E-state index < -0.39 is 5.97 Å². The third-order valence-corrected chi connectivity index (χ3v) is 5.01. The van der Waals surface area contributed by atoms with Crippen molar-refractivity contribution in [2.75, 3.05) is 7.11 Å². The average Bonchev–Trinajstić information content (AvgIpc) is 3.31. The van der Waals surface area contributed by atoms with Gasteiger partial charge in [0, 0.05) is 23.7 Å². The molecule has 0 unspecified atom stereocenters. The lowest BCUT2D eigenvalue weighted by molar-refractivity contribution is 0.0602. The first-order valence-electron chi connectivity index (χ1n) is 8.63. The molecule has 0 saturated heterocycles. The van der Waals surface area contributed by atoms with E-state index in [2.05, 4.69) is 21.2 Å². The highest BCUT2D eigenvalue weighted by Gasteiger charge is 2.15. The number of methoxy groups -OCH3 is 1. The Balaban J connectivity index is 1.52. The zero-order valence-electron chi connectivity index (χ0n) is 15.7. The molecule has 0 N–H and O–H groups in total. The largest absolute Gasteiger partial charge is 0.465 e. The van der Waals surface area contributed by atoms with Gasteiger partial charge in [-0.3, -0.25) is 0 Å². The molecule has 0 aliphatic heterocycles. The van der Waals surface area contributed by atoms with Gasteiger partial charge in [-0.05, 0) is 38.1 Å². The van der Waals surface area contributed by atoms with Crippen LogP contribution in [-0.2, 0) is 10.5 Å². The summed E-state index contributed by atoms with van der Waals surface area (Å²) in [5.41, 5.74) is 4.99. The molecule has 0 amide bonds. The topological polar surface area (TPSA) is 82.5 Å². The number of carbonyl (C=O) groups is 1. The van der Waals surface area contributed by atoms with Gasteiger partial charge in [-0.1, -0.05) is 29.0 Å². The summed E-state index contributed by atoms with van der Waals surface area (Å²) >= 11 is 1.40. The van der Waals surface area contributed by atoms with E-state index in [1.165, 1.54) is 18.9 Å². The molecule has 3 aromatic heterocycles. The number of fused-ring (bicyclic) bond motifs is 1. The van der Waals surface area contributed by atoms with Crippen LogP contribution in [0.25, 0.3) is 17.1 Å². The Morgan fingerprint density at radius 1 is 1.21 bits per heavy atom. The number of aromatic nitrogens is 4. The number of nitrogens with zero attached hydrogens (tertiary/aromatic N) is 4. The summed E-state index contributed by atoms with van der Waals surface area (Å²) in [7, 11) is 1.36. The third-order valence-electron chi connectivity index (χ3n) is 4.16. The molecule has 4 aromatic rings. The summed E-state index contributed by atoms with van der Waals surface area (Å²) in [6.07, 6.45) is 3.71. The average molecular weight is 394 g/mol. The number of imidazole rings is 1. The lowest BCUT2D eigenvalue weighted by atomic mass is 10.1. The normalized spacial score (nSPS) is 11.1. The van der Waals surface area contributed by atoms with Crippen LogP contribution in [-0.4, -0.2) is 32.7 Å². The van der Waals surface area contributed by atoms with Crippen molar-refractivity contribution in [1.82, 2.24) is 19.6 Å². The highest BCUT2D eigenvalue weighted by molar-refractivity contribution is 7.98. The molecule has 3 heterocycles. The van der Waals surface area contributed by atoms with Crippen molar-refractivity contribution in [1.29, 1.82) is 0 Å². The number of hydrogen-bond donors (Lipinski definition) is 0. The SMILES string of the molecule is COC(=O)c1cccn2cc(CSc3nnc(-c4cc(C)cc(C)c4)o3)nc12. The lowest BCUT2D eigenvalue weighted by Gasteiger charge is -2.00. The van der Waals surface area contributed by atoms with Gasteiger partial charge in [0.1, 0.15) is 5.56 Å². The number of carbonyl (C=O) groups excluding carboxylic acids is 1. The van der Waals surface area contributed by atoms with Crippen molar-refractivity contribution in [3.63, 3.8) is 0 Å². The van der Waals surface area contributed by atoms with Crippen LogP contribution in [0.4, 0.5) is 0 Å². The van der Waals surface area contributed by atoms with Gasteiger partial charge in [-0.2, -0.15) is 0 Å². The van der Waals surface area contributed by atoms with Gasteiger partial charge in [0.2, 0.25) is 5.89 Å². The summed E-state index contributed by atoms with van der Waals surface area (Å²) < 4.78 is 12.4. The minimum Gasteiger partial charge on any atom is -0.465 e. The lowest BCUT2D eigenvalue weighted by Crippen LogP contribution is -2.03. The Morgan fingerprint density at radius 3 is 2.75 bits per heavy atom. The molecule has 8 heteroatoms. The number of ether oxygens (including phenoxy) is 1. The molecule has 0 aliphatic carbocycles. The van der Waals surface area contributed by atoms with Gasteiger partial charge < -0.3 is 13.6 Å². The van der Waals surface area contributed by atoms with Gasteiger partial charge >= 0.3 is 5.97 Å². The molecule has 1 aromatic carbocycles. The molecule has 142 valence electrons. The maximum Gasteiger partial charge on any atom is 0.341 e. The minimum absolute atomic E-state index is 0.412. The zero-order valence-corrected chi connectivity index (χ0v) is 16.5. The van der Waals surface area contributed by atoms with E-state index in [1.807, 2.05) is 38.4 Å². The van der Waals surface area contributed by atoms with Gasteiger partial charge in [-0.15, -0.1) is 10.2 Å². The molecule has 0 spiro atoms. The van der Waals surface area contributed by atoms with Crippen LogP contribution in [0, 0.1) is 13.8 Å². The van der Waals surface area contributed by atoms with Crippen LogP contribution < -0.4 is 0 Å². The standard InChI is InChI=1S/C20H18N4O3S/c1-12-7-13(2)9-14(8-12)18-22-23-20(27-18)28-11-15-10-24-6-4-5-16(17(24)21-15)19(25)26-3/h4-10H,11H2,1-3H3. The molecule has 7 nitrogen and oxygen atoms in total. The van der Waals surface area contributed by atoms with E-state index in [9.17, 15) is 4.79 Å². The van der Waals surface area contributed by atoms with E-state index in [0.717, 1.165) is 22.4 Å². The number of aryl methyl sites for hydroxylation is 2. The van der Waals surface area contributed by atoms with Gasteiger partial charge in [0.05, 0.1) is 12.8 Å². The van der Waals surface area contributed by atoms with Crippen LogP contribution in [0.2, 0.25) is 0 Å². The molecule has 4 rings (SSSR count). The van der Waals surface area contributed by atoms with Crippen molar-refractivity contribution in [3.8, 4) is 11.5 Å². The summed E-state index contributed by atoms with van der Waals surface area (Å²) in [4.78, 5) is 16.4. The second kappa shape index (κ2) is 7.47. The Labute approximate surface area is 165 Å². The van der Waals surface area contributed by atoms with Crippen LogP contribution in [0.1, 0.15) is 27.2 Å². The van der Waals surface area contributed by atoms with E-state index in [4.69, 9.17) is 9.15 Å². The molecular weight excluding hydrogens is 376 g/mol. The van der Waals surface area contributed by atoms with E-state index >= 15 is 0 Å². The zero-order chi connectivity index (χ0) is 19.7. The van der Waals surface area contributed by atoms with Crippen molar-refractivity contribution >= 4 is 23.4 Å². The summed E-state index contributed by atoms with van der Waals surface area (Å²) in [6, 6.07) is 9.61. The second-order valence-corrected chi connectivity index (χ2v) is 7.34. The predicted octanol–water partition coefficient (Wildman–Crippen LogP) is 4.08. The van der Waals surface area contributed by atoms with Crippen molar-refractivity contribution in [2.45, 2.75) is 24.8 Å². The van der Waals surface area contributed by atoms with Gasteiger partial charge in [0.15, 0.2) is 5.65 Å². The fourth-order valence-corrected chi connectivity index (χ4v) is 3.67. The monoisotopic (exact) mass is 394 g/mol. The fourth-order valence-electron chi connectivity index (χ4n) is 3.02. The number of pyridine rings is 1. The van der Waals surface area contributed by atoms with E-state index in [-0.39, 0.29) is 0 Å². The number of thioether (sulfide) groups is 1. The Kier molecular flexibility index (Phi) is 4.87. The summed E-state index contributed by atoms with van der Waals surface area (Å²) in [6.45, 7) is 4.07. The molecule has 0 radical (unpaired) electrons. The maximum atomic E-state index is 11.9. The molecular formula is C20H18N4O3S. The highest BCUT2D eigenvalue weighted by atomic mass is 32.2. The van der Waals surface area contributed by atoms with Crippen LogP contribution in [0.5, 0.6) is 0 Å². The quantitative estimate of drug-likeness (QED) is 0.372. The molecule has 0 saturated carbocycles. The third kappa shape index (κ3) is 3.63. The molecule has 28 heavy (non-hydrogen) atoms. The Hall–Kier alpha value is -3.13. The number of hydrogen-bond acceptors (Lipinski definition) is 7. The van der Waals surface area contributed by atoms with E-state index in [0.29, 0.717) is 28.1 Å². The van der Waals surface area contributed by atoms with Crippen molar-refractivity contribution in [2.24, 2.45) is 0 Å². The highest BCUT2D eigenvalue weighted by Crippen LogP contribution is 2.27. The molecule has 0 fully saturated rings. The maximum absolute atomic E-state index is 11.9. The van der Waals surface area contributed by atoms with Crippen molar-refractivity contribution < 1.29 is 13.9 Å². The second-order valence-electron chi connectivity index (χ2n) is 6.41. The smallest absolute Gasteiger partial charge is 0.341 e. The van der Waals surface area contributed by atoms with Crippen LogP contribution in [0.3, 0.4) is 0 Å².